The van der Waals surface area contributed by atoms with E-state index in [2.05, 4.69) is 24.3 Å². The van der Waals surface area contributed by atoms with Gasteiger partial charge in [0.15, 0.2) is 0 Å². The van der Waals surface area contributed by atoms with Crippen LogP contribution in [0.25, 0.3) is 0 Å². The predicted octanol–water partition coefficient (Wildman–Crippen LogP) is 2.19. The minimum Gasteiger partial charge on any atom is -0.409 e. The number of nitrogens with two attached hydrogens (primary N) is 1. The van der Waals surface area contributed by atoms with Crippen molar-refractivity contribution in [3.63, 3.8) is 0 Å². The molecule has 0 radical (unpaired) electrons. The monoisotopic (exact) mass is 273 g/mol. The second-order valence-corrected chi connectivity index (χ2v) is 6.09. The second kappa shape index (κ2) is 9.15. The van der Waals surface area contributed by atoms with Crippen LogP contribution in [0.1, 0.15) is 47.0 Å². The number of oxime groups is 1. The lowest BCUT2D eigenvalue weighted by Gasteiger charge is -2.24. The molecule has 0 aromatic heterocycles. The third-order valence-corrected chi connectivity index (χ3v) is 3.59. The van der Waals surface area contributed by atoms with E-state index in [4.69, 9.17) is 15.7 Å². The Hall–Kier alpha value is -0.810. The maximum atomic E-state index is 8.70. The molecule has 5 nitrogen and oxygen atoms in total. The van der Waals surface area contributed by atoms with Crippen molar-refractivity contribution in [3.05, 3.63) is 0 Å². The molecular formula is C14H31N3O2. The number of unbranched alkanes of at least 4 members (excludes halogenated alkanes) is 1. The lowest BCUT2D eigenvalue weighted by molar-refractivity contribution is 0.147. The maximum Gasteiger partial charge on any atom is 0.144 e. The third-order valence-electron chi connectivity index (χ3n) is 3.59. The van der Waals surface area contributed by atoms with Crippen molar-refractivity contribution in [2.45, 2.75) is 53.0 Å². The van der Waals surface area contributed by atoms with Gasteiger partial charge in [0.25, 0.3) is 0 Å². The molecule has 0 saturated heterocycles. The Balaban J connectivity index is 3.86. The molecule has 114 valence electrons. The first-order valence-corrected chi connectivity index (χ1v) is 7.05. The van der Waals surface area contributed by atoms with Gasteiger partial charge in [-0.15, -0.1) is 0 Å². The van der Waals surface area contributed by atoms with Crippen LogP contribution in [-0.4, -0.2) is 37.3 Å². The van der Waals surface area contributed by atoms with Gasteiger partial charge in [-0.3, -0.25) is 0 Å². The second-order valence-electron chi connectivity index (χ2n) is 6.09. The van der Waals surface area contributed by atoms with E-state index in [1.54, 1.807) is 7.11 Å². The van der Waals surface area contributed by atoms with E-state index >= 15 is 0 Å². The first kappa shape index (κ1) is 18.2. The number of ether oxygens (including phenoxy) is 1. The lowest BCUT2D eigenvalue weighted by atomic mass is 9.86. The molecule has 0 heterocycles. The topological polar surface area (TPSA) is 79.9 Å². The number of methoxy groups -OCH3 is 1. The van der Waals surface area contributed by atoms with Crippen LogP contribution in [0.15, 0.2) is 5.16 Å². The van der Waals surface area contributed by atoms with Crippen LogP contribution in [-0.2, 0) is 4.74 Å². The minimum absolute atomic E-state index is 0.237. The van der Waals surface area contributed by atoms with Gasteiger partial charge in [-0.05, 0) is 25.3 Å². The third kappa shape index (κ3) is 7.38. The summed E-state index contributed by atoms with van der Waals surface area (Å²) >= 11 is 0. The normalized spacial score (nSPS) is 14.9. The van der Waals surface area contributed by atoms with Gasteiger partial charge < -0.3 is 21.0 Å². The van der Waals surface area contributed by atoms with Crippen molar-refractivity contribution in [1.29, 1.82) is 0 Å². The summed E-state index contributed by atoms with van der Waals surface area (Å²) in [4.78, 5) is 0. The van der Waals surface area contributed by atoms with Crippen LogP contribution in [0.4, 0.5) is 0 Å². The first-order chi connectivity index (χ1) is 8.85. The van der Waals surface area contributed by atoms with Crippen LogP contribution in [0.2, 0.25) is 0 Å². The fraction of sp³-hybridized carbons (Fsp3) is 0.929. The number of hydrogen-bond donors (Lipinski definition) is 3. The molecule has 0 aromatic carbocycles. The maximum absolute atomic E-state index is 8.70. The van der Waals surface area contributed by atoms with Gasteiger partial charge in [-0.25, -0.2) is 0 Å². The van der Waals surface area contributed by atoms with Crippen LogP contribution in [0.5, 0.6) is 0 Å². The van der Waals surface area contributed by atoms with Gasteiger partial charge in [0.05, 0.1) is 6.61 Å². The van der Waals surface area contributed by atoms with E-state index in [-0.39, 0.29) is 5.41 Å². The molecule has 19 heavy (non-hydrogen) atoms. The summed E-state index contributed by atoms with van der Waals surface area (Å²) in [6.45, 7) is 10.1. The fourth-order valence-corrected chi connectivity index (χ4v) is 1.91. The zero-order valence-electron chi connectivity index (χ0n) is 13.1. The molecule has 5 heteroatoms. The number of amidine groups is 1. The molecule has 0 fully saturated rings. The van der Waals surface area contributed by atoms with E-state index in [1.807, 2.05) is 13.8 Å². The van der Waals surface area contributed by atoms with E-state index < -0.39 is 0 Å². The molecule has 0 aliphatic rings. The Labute approximate surface area is 117 Å². The van der Waals surface area contributed by atoms with Crippen molar-refractivity contribution in [2.24, 2.45) is 22.2 Å². The van der Waals surface area contributed by atoms with Crippen molar-refractivity contribution in [2.75, 3.05) is 20.3 Å². The Morgan fingerprint density at radius 3 is 2.47 bits per heavy atom. The summed E-state index contributed by atoms with van der Waals surface area (Å²) in [6.07, 6.45) is 3.05. The van der Waals surface area contributed by atoms with Gasteiger partial charge >= 0.3 is 0 Å². The van der Waals surface area contributed by atoms with Crippen molar-refractivity contribution >= 4 is 5.84 Å². The molecule has 0 rings (SSSR count). The Morgan fingerprint density at radius 1 is 1.37 bits per heavy atom. The highest BCUT2D eigenvalue weighted by atomic mass is 16.5. The highest BCUT2D eigenvalue weighted by Gasteiger charge is 2.22. The van der Waals surface area contributed by atoms with E-state index in [1.165, 1.54) is 0 Å². The summed E-state index contributed by atoms with van der Waals surface area (Å²) in [7, 11) is 1.73. The van der Waals surface area contributed by atoms with Crippen molar-refractivity contribution in [3.8, 4) is 0 Å². The number of nitrogens with zero attached hydrogens (tertiary/aromatic N) is 1. The van der Waals surface area contributed by atoms with E-state index in [9.17, 15) is 0 Å². The largest absolute Gasteiger partial charge is 0.409 e. The minimum atomic E-state index is -0.237. The molecule has 0 aliphatic heterocycles. The molecule has 0 saturated carbocycles. The Bertz CT molecular complexity index is 265. The van der Waals surface area contributed by atoms with Gasteiger partial charge in [0.1, 0.15) is 5.84 Å². The van der Waals surface area contributed by atoms with Crippen LogP contribution in [0, 0.1) is 11.3 Å². The standard InChI is InChI=1S/C14H31N3O2/c1-11(2)12(10-19-5)16-9-7-6-8-14(3,4)13(15)17-18/h11-12,16,18H,6-10H2,1-5H3,(H2,15,17). The van der Waals surface area contributed by atoms with E-state index in [0.717, 1.165) is 32.4 Å². The quantitative estimate of drug-likeness (QED) is 0.187. The molecule has 1 unspecified atom stereocenters. The Kier molecular flexibility index (Phi) is 8.76. The first-order valence-electron chi connectivity index (χ1n) is 7.05. The number of rotatable bonds is 10. The van der Waals surface area contributed by atoms with Crippen molar-refractivity contribution in [1.82, 2.24) is 5.32 Å². The summed E-state index contributed by atoms with van der Waals surface area (Å²) in [5.74, 6) is 0.869. The molecular weight excluding hydrogens is 242 g/mol. The number of nitrogens with one attached hydrogen (secondary N) is 1. The average molecular weight is 273 g/mol. The highest BCUT2D eigenvalue weighted by Crippen LogP contribution is 2.23. The van der Waals surface area contributed by atoms with Crippen LogP contribution < -0.4 is 11.1 Å². The van der Waals surface area contributed by atoms with Crippen LogP contribution in [0.3, 0.4) is 0 Å². The fourth-order valence-electron chi connectivity index (χ4n) is 1.91. The summed E-state index contributed by atoms with van der Waals surface area (Å²) in [5, 5.41) is 15.3. The lowest BCUT2D eigenvalue weighted by Crippen LogP contribution is -2.38. The zero-order chi connectivity index (χ0) is 14.9. The zero-order valence-corrected chi connectivity index (χ0v) is 13.1. The molecule has 0 amide bonds. The average Bonchev–Trinajstić information content (AvgIpc) is 2.35. The van der Waals surface area contributed by atoms with Gasteiger partial charge in [-0.1, -0.05) is 39.3 Å². The Morgan fingerprint density at radius 2 is 2.00 bits per heavy atom. The summed E-state index contributed by atoms with van der Waals surface area (Å²) in [5.41, 5.74) is 5.42. The molecule has 0 bridgehead atoms. The van der Waals surface area contributed by atoms with Crippen molar-refractivity contribution < 1.29 is 9.94 Å². The van der Waals surface area contributed by atoms with Gasteiger partial charge in [-0.2, -0.15) is 0 Å². The van der Waals surface area contributed by atoms with Gasteiger partial charge in [0.2, 0.25) is 0 Å². The molecule has 0 aliphatic carbocycles. The van der Waals surface area contributed by atoms with Gasteiger partial charge in [0, 0.05) is 18.6 Å². The SMILES string of the molecule is COCC(NCCCCC(C)(C)C(N)=NO)C(C)C. The predicted molar refractivity (Wildman–Crippen MR) is 79.5 cm³/mol. The summed E-state index contributed by atoms with van der Waals surface area (Å²) in [6, 6.07) is 0.405. The summed E-state index contributed by atoms with van der Waals surface area (Å²) < 4.78 is 5.20. The highest BCUT2D eigenvalue weighted by molar-refractivity contribution is 5.85. The molecule has 0 spiro atoms. The molecule has 0 aromatic rings. The number of hydrogen-bond acceptors (Lipinski definition) is 4. The molecule has 4 N–H and O–H groups in total. The van der Waals surface area contributed by atoms with Crippen LogP contribution >= 0.6 is 0 Å². The smallest absolute Gasteiger partial charge is 0.144 e. The molecule has 1 atom stereocenters. The van der Waals surface area contributed by atoms with E-state index in [0.29, 0.717) is 17.8 Å².